The van der Waals surface area contributed by atoms with Crippen LogP contribution in [0.2, 0.25) is 0 Å². The Morgan fingerprint density at radius 3 is 2.67 bits per heavy atom. The first-order valence-electron chi connectivity index (χ1n) is 9.14. The average molecular weight is 332 g/mol. The van der Waals surface area contributed by atoms with E-state index in [0.29, 0.717) is 5.92 Å². The fraction of sp³-hybridized carbons (Fsp3) is 0.632. The van der Waals surface area contributed by atoms with Gasteiger partial charge in [-0.3, -0.25) is 9.89 Å². The van der Waals surface area contributed by atoms with Crippen LogP contribution in [0, 0.1) is 5.92 Å². The third-order valence-corrected chi connectivity index (χ3v) is 4.13. The van der Waals surface area contributed by atoms with E-state index in [1.54, 1.807) is 0 Å². The molecule has 0 spiro atoms. The predicted molar refractivity (Wildman–Crippen MR) is 101 cm³/mol. The summed E-state index contributed by atoms with van der Waals surface area (Å²) in [4.78, 5) is 7.22. The molecule has 1 aliphatic heterocycles. The highest BCUT2D eigenvalue weighted by atomic mass is 16.5. The lowest BCUT2D eigenvalue weighted by atomic mass is 10.1. The first-order chi connectivity index (χ1) is 11.8. The molecule has 1 aliphatic rings. The predicted octanol–water partition coefficient (Wildman–Crippen LogP) is 1.75. The maximum Gasteiger partial charge on any atom is 0.191 e. The van der Waals surface area contributed by atoms with Gasteiger partial charge in [-0.05, 0) is 24.8 Å². The first-order valence-corrected chi connectivity index (χ1v) is 9.14. The lowest BCUT2D eigenvalue weighted by Gasteiger charge is -2.28. The Morgan fingerprint density at radius 2 is 1.96 bits per heavy atom. The zero-order valence-electron chi connectivity index (χ0n) is 15.1. The molecule has 0 aromatic heterocycles. The van der Waals surface area contributed by atoms with Crippen molar-refractivity contribution in [3.05, 3.63) is 35.9 Å². The number of rotatable bonds is 8. The average Bonchev–Trinajstić information content (AvgIpc) is 2.61. The lowest BCUT2D eigenvalue weighted by Crippen LogP contribution is -2.40. The summed E-state index contributed by atoms with van der Waals surface area (Å²) in [6, 6.07) is 10.6. The van der Waals surface area contributed by atoms with Gasteiger partial charge in [0.15, 0.2) is 5.96 Å². The molecule has 0 aliphatic carbocycles. The number of morpholine rings is 1. The number of nitrogens with one attached hydrogen (secondary N) is 2. The molecular formula is C19H32N4O. The van der Waals surface area contributed by atoms with Gasteiger partial charge >= 0.3 is 0 Å². The monoisotopic (exact) mass is 332 g/mol. The summed E-state index contributed by atoms with van der Waals surface area (Å²) in [7, 11) is 0. The van der Waals surface area contributed by atoms with E-state index >= 15 is 0 Å². The van der Waals surface area contributed by atoms with Crippen molar-refractivity contribution in [2.75, 3.05) is 52.5 Å². The molecule has 24 heavy (non-hydrogen) atoms. The Morgan fingerprint density at radius 1 is 1.21 bits per heavy atom. The van der Waals surface area contributed by atoms with Crippen molar-refractivity contribution in [3.8, 4) is 0 Å². The van der Waals surface area contributed by atoms with E-state index in [1.807, 2.05) is 0 Å². The van der Waals surface area contributed by atoms with Crippen LogP contribution in [-0.2, 0) is 11.2 Å². The summed E-state index contributed by atoms with van der Waals surface area (Å²) in [6.45, 7) is 11.9. The number of benzene rings is 1. The molecule has 2 rings (SSSR count). The van der Waals surface area contributed by atoms with Gasteiger partial charge in [0.1, 0.15) is 0 Å². The Bertz CT molecular complexity index is 472. The molecule has 1 aromatic carbocycles. The topological polar surface area (TPSA) is 48.9 Å². The standard InChI is InChI=1S/C19H32N4O/c1-3-20-19(21-10-9-18-7-5-4-6-8-18)22-15-17(2)16-23-11-13-24-14-12-23/h4-8,17H,3,9-16H2,1-2H3,(H2,20,21,22). The fourth-order valence-electron chi connectivity index (χ4n) is 2.84. The van der Waals surface area contributed by atoms with E-state index in [9.17, 15) is 0 Å². The quantitative estimate of drug-likeness (QED) is 0.562. The van der Waals surface area contributed by atoms with E-state index in [2.05, 4.69) is 59.7 Å². The summed E-state index contributed by atoms with van der Waals surface area (Å²) in [5.74, 6) is 1.47. The molecule has 0 amide bonds. The van der Waals surface area contributed by atoms with Crippen LogP contribution in [0.5, 0.6) is 0 Å². The molecule has 0 radical (unpaired) electrons. The number of hydrogen-bond donors (Lipinski definition) is 2. The molecule has 0 bridgehead atoms. The van der Waals surface area contributed by atoms with Crippen LogP contribution in [0.1, 0.15) is 19.4 Å². The molecule has 1 fully saturated rings. The maximum absolute atomic E-state index is 5.40. The second-order valence-electron chi connectivity index (χ2n) is 6.40. The normalized spacial score (nSPS) is 17.5. The molecular weight excluding hydrogens is 300 g/mol. The van der Waals surface area contributed by atoms with Crippen LogP contribution in [0.3, 0.4) is 0 Å². The number of aliphatic imine (C=N–C) groups is 1. The van der Waals surface area contributed by atoms with Crippen molar-refractivity contribution >= 4 is 5.96 Å². The number of ether oxygens (including phenoxy) is 1. The van der Waals surface area contributed by atoms with Gasteiger partial charge in [0.05, 0.1) is 13.2 Å². The van der Waals surface area contributed by atoms with Crippen molar-refractivity contribution in [1.82, 2.24) is 15.5 Å². The van der Waals surface area contributed by atoms with Gasteiger partial charge in [-0.15, -0.1) is 0 Å². The molecule has 1 aromatic rings. The van der Waals surface area contributed by atoms with Crippen molar-refractivity contribution in [2.24, 2.45) is 10.9 Å². The molecule has 134 valence electrons. The highest BCUT2D eigenvalue weighted by Gasteiger charge is 2.13. The number of hydrogen-bond acceptors (Lipinski definition) is 3. The Labute approximate surface area is 146 Å². The first kappa shape index (κ1) is 18.7. The zero-order chi connectivity index (χ0) is 17.0. The van der Waals surface area contributed by atoms with Gasteiger partial charge in [-0.1, -0.05) is 37.3 Å². The minimum absolute atomic E-state index is 0.549. The molecule has 5 nitrogen and oxygen atoms in total. The van der Waals surface area contributed by atoms with Crippen molar-refractivity contribution < 1.29 is 4.74 Å². The van der Waals surface area contributed by atoms with E-state index in [4.69, 9.17) is 9.73 Å². The SMILES string of the molecule is CCNC(=NCC(C)CN1CCOCC1)NCCc1ccccc1. The van der Waals surface area contributed by atoms with Gasteiger partial charge in [0, 0.05) is 39.3 Å². The van der Waals surface area contributed by atoms with Crippen molar-refractivity contribution in [3.63, 3.8) is 0 Å². The lowest BCUT2D eigenvalue weighted by molar-refractivity contribution is 0.0323. The Kier molecular flexibility index (Phi) is 8.63. The van der Waals surface area contributed by atoms with Crippen molar-refractivity contribution in [1.29, 1.82) is 0 Å². The Balaban J connectivity index is 1.72. The summed E-state index contributed by atoms with van der Waals surface area (Å²) in [5, 5.41) is 6.77. The smallest absolute Gasteiger partial charge is 0.191 e. The molecule has 1 heterocycles. The highest BCUT2D eigenvalue weighted by molar-refractivity contribution is 5.79. The van der Waals surface area contributed by atoms with E-state index in [1.165, 1.54) is 5.56 Å². The van der Waals surface area contributed by atoms with Crippen LogP contribution in [0.15, 0.2) is 35.3 Å². The number of nitrogens with zero attached hydrogens (tertiary/aromatic N) is 2. The second kappa shape index (κ2) is 11.0. The molecule has 1 saturated heterocycles. The van der Waals surface area contributed by atoms with Gasteiger partial charge in [-0.2, -0.15) is 0 Å². The van der Waals surface area contributed by atoms with Crippen LogP contribution < -0.4 is 10.6 Å². The summed E-state index contributed by atoms with van der Waals surface area (Å²) in [6.07, 6.45) is 1.01. The second-order valence-corrected chi connectivity index (χ2v) is 6.40. The van der Waals surface area contributed by atoms with Crippen LogP contribution >= 0.6 is 0 Å². The Hall–Kier alpha value is -1.59. The third kappa shape index (κ3) is 7.32. The number of guanidine groups is 1. The molecule has 0 saturated carbocycles. The van der Waals surface area contributed by atoms with Gasteiger partial charge in [-0.25, -0.2) is 0 Å². The van der Waals surface area contributed by atoms with Crippen LogP contribution in [-0.4, -0.2) is 63.3 Å². The molecule has 5 heteroatoms. The highest BCUT2D eigenvalue weighted by Crippen LogP contribution is 2.04. The summed E-state index contributed by atoms with van der Waals surface area (Å²) in [5.41, 5.74) is 1.35. The van der Waals surface area contributed by atoms with Crippen LogP contribution in [0.25, 0.3) is 0 Å². The zero-order valence-corrected chi connectivity index (χ0v) is 15.1. The fourth-order valence-corrected chi connectivity index (χ4v) is 2.84. The summed E-state index contributed by atoms with van der Waals surface area (Å²) >= 11 is 0. The van der Waals surface area contributed by atoms with Crippen LogP contribution in [0.4, 0.5) is 0 Å². The minimum atomic E-state index is 0.549. The van der Waals surface area contributed by atoms with Gasteiger partial charge in [0.2, 0.25) is 0 Å². The molecule has 1 unspecified atom stereocenters. The van der Waals surface area contributed by atoms with E-state index in [0.717, 1.165) is 64.9 Å². The largest absolute Gasteiger partial charge is 0.379 e. The summed E-state index contributed by atoms with van der Waals surface area (Å²) < 4.78 is 5.40. The molecule has 1 atom stereocenters. The van der Waals surface area contributed by atoms with E-state index in [-0.39, 0.29) is 0 Å². The maximum atomic E-state index is 5.40. The van der Waals surface area contributed by atoms with Gasteiger partial charge < -0.3 is 15.4 Å². The molecule has 2 N–H and O–H groups in total. The third-order valence-electron chi connectivity index (χ3n) is 4.13. The van der Waals surface area contributed by atoms with Crippen molar-refractivity contribution in [2.45, 2.75) is 20.3 Å². The van der Waals surface area contributed by atoms with E-state index < -0.39 is 0 Å². The minimum Gasteiger partial charge on any atom is -0.379 e. The van der Waals surface area contributed by atoms with Gasteiger partial charge in [0.25, 0.3) is 0 Å².